The van der Waals surface area contributed by atoms with Crippen molar-refractivity contribution in [3.8, 4) is 0 Å². The topological polar surface area (TPSA) is 33.2 Å². The first-order valence-corrected chi connectivity index (χ1v) is 9.64. The molecule has 1 saturated heterocycles. The zero-order valence-electron chi connectivity index (χ0n) is 15.4. The zero-order valence-corrected chi connectivity index (χ0v) is 15.4. The Morgan fingerprint density at radius 3 is 2.22 bits per heavy atom. The van der Waals surface area contributed by atoms with Crippen molar-refractivity contribution in [2.45, 2.75) is 25.2 Å². The molecule has 2 aromatic carbocycles. The number of likely N-dealkylation sites (tertiary alicyclic amines) is 1. The predicted molar refractivity (Wildman–Crippen MR) is 108 cm³/mol. The third-order valence-corrected chi connectivity index (χ3v) is 5.28. The van der Waals surface area contributed by atoms with E-state index in [4.69, 9.17) is 4.98 Å². The van der Waals surface area contributed by atoms with Crippen LogP contribution < -0.4 is 0 Å². The fraction of sp³-hybridized carbons (Fsp3) is 0.250. The summed E-state index contributed by atoms with van der Waals surface area (Å²) in [4.78, 5) is 19.5. The average Bonchev–Trinajstić information content (AvgIpc) is 2.75. The minimum absolute atomic E-state index is 0.139. The highest BCUT2D eigenvalue weighted by Gasteiger charge is 2.25. The molecule has 0 unspecified atom stereocenters. The van der Waals surface area contributed by atoms with Crippen LogP contribution in [-0.4, -0.2) is 28.9 Å². The quantitative estimate of drug-likeness (QED) is 0.679. The molecule has 1 aliphatic rings. The third kappa shape index (κ3) is 4.25. The van der Waals surface area contributed by atoms with Crippen LogP contribution in [0.4, 0.5) is 0 Å². The van der Waals surface area contributed by atoms with Gasteiger partial charge in [-0.3, -0.25) is 9.78 Å². The van der Waals surface area contributed by atoms with Gasteiger partial charge in [0.15, 0.2) is 0 Å². The number of benzene rings is 2. The van der Waals surface area contributed by atoms with E-state index in [0.29, 0.717) is 5.92 Å². The molecule has 1 aliphatic heterocycles. The number of hydrogen-bond donors (Lipinski definition) is 0. The molecule has 0 atom stereocenters. The second-order valence-corrected chi connectivity index (χ2v) is 7.15. The van der Waals surface area contributed by atoms with Gasteiger partial charge in [-0.2, -0.15) is 0 Å². The van der Waals surface area contributed by atoms with E-state index < -0.39 is 0 Å². The normalized spacial score (nSPS) is 14.9. The van der Waals surface area contributed by atoms with Crippen LogP contribution in [0.2, 0.25) is 0 Å². The summed E-state index contributed by atoms with van der Waals surface area (Å²) < 4.78 is 0. The van der Waals surface area contributed by atoms with Gasteiger partial charge in [-0.05, 0) is 42.7 Å². The van der Waals surface area contributed by atoms with E-state index in [1.165, 1.54) is 5.56 Å². The maximum atomic E-state index is 12.6. The van der Waals surface area contributed by atoms with Crippen molar-refractivity contribution in [3.05, 3.63) is 101 Å². The Kier molecular flexibility index (Phi) is 5.29. The average molecular weight is 356 g/mol. The Bertz CT molecular complexity index is 885. The third-order valence-electron chi connectivity index (χ3n) is 5.28. The Hall–Kier alpha value is -2.94. The predicted octanol–water partition coefficient (Wildman–Crippen LogP) is 4.69. The molecule has 27 heavy (non-hydrogen) atoms. The van der Waals surface area contributed by atoms with Crippen LogP contribution in [-0.2, 0) is 6.42 Å². The smallest absolute Gasteiger partial charge is 0.253 e. The Morgan fingerprint density at radius 1 is 0.852 bits per heavy atom. The van der Waals surface area contributed by atoms with E-state index >= 15 is 0 Å². The number of aromatic nitrogens is 1. The van der Waals surface area contributed by atoms with E-state index in [0.717, 1.165) is 49.3 Å². The summed E-state index contributed by atoms with van der Waals surface area (Å²) in [6.45, 7) is 1.59. The highest BCUT2D eigenvalue weighted by molar-refractivity contribution is 5.94. The number of pyridine rings is 1. The Morgan fingerprint density at radius 2 is 1.52 bits per heavy atom. The van der Waals surface area contributed by atoms with Gasteiger partial charge in [-0.25, -0.2) is 0 Å². The number of nitrogens with zero attached hydrogens (tertiary/aromatic N) is 2. The molecule has 1 fully saturated rings. The van der Waals surface area contributed by atoms with Crippen molar-refractivity contribution in [1.82, 2.24) is 9.88 Å². The van der Waals surface area contributed by atoms with Crippen LogP contribution in [0.3, 0.4) is 0 Å². The minimum Gasteiger partial charge on any atom is -0.339 e. The molecule has 3 nitrogen and oxygen atoms in total. The van der Waals surface area contributed by atoms with Gasteiger partial charge in [0.05, 0.1) is 0 Å². The minimum atomic E-state index is 0.139. The van der Waals surface area contributed by atoms with Crippen LogP contribution in [0, 0.1) is 0 Å². The molecular weight excluding hydrogens is 332 g/mol. The molecule has 0 radical (unpaired) electrons. The highest BCUT2D eigenvalue weighted by Crippen LogP contribution is 2.28. The number of piperidine rings is 1. The number of hydrogen-bond acceptors (Lipinski definition) is 2. The van der Waals surface area contributed by atoms with E-state index in [9.17, 15) is 4.79 Å². The fourth-order valence-corrected chi connectivity index (χ4v) is 3.77. The summed E-state index contributed by atoms with van der Waals surface area (Å²) in [6.07, 6.45) is 2.81. The lowest BCUT2D eigenvalue weighted by molar-refractivity contribution is 0.0712. The van der Waals surface area contributed by atoms with Gasteiger partial charge in [0.25, 0.3) is 5.91 Å². The maximum Gasteiger partial charge on any atom is 0.253 e. The molecule has 136 valence electrons. The van der Waals surface area contributed by atoms with E-state index in [1.54, 1.807) is 0 Å². The number of rotatable bonds is 4. The summed E-state index contributed by atoms with van der Waals surface area (Å²) in [5.74, 6) is 0.570. The summed E-state index contributed by atoms with van der Waals surface area (Å²) in [5, 5.41) is 0. The van der Waals surface area contributed by atoms with Crippen molar-refractivity contribution in [1.29, 1.82) is 0 Å². The van der Waals surface area contributed by atoms with Crippen LogP contribution in [0.25, 0.3) is 0 Å². The lowest BCUT2D eigenvalue weighted by Gasteiger charge is -2.32. The molecule has 0 spiro atoms. The summed E-state index contributed by atoms with van der Waals surface area (Å²) >= 11 is 0. The molecule has 0 aliphatic carbocycles. The number of carbonyl (C=O) groups excluding carboxylic acids is 1. The van der Waals surface area contributed by atoms with E-state index in [-0.39, 0.29) is 5.91 Å². The van der Waals surface area contributed by atoms with Gasteiger partial charge in [0, 0.05) is 42.4 Å². The van der Waals surface area contributed by atoms with Crippen molar-refractivity contribution < 1.29 is 4.79 Å². The molecule has 0 bridgehead atoms. The standard InChI is InChI=1S/C24H24N2O/c27-24(21-10-5-2-6-11-21)26-16-14-20(15-17-26)23-13-7-12-22(25-23)18-19-8-3-1-4-9-19/h1-13,20H,14-18H2. The van der Waals surface area contributed by atoms with Gasteiger partial charge in [-0.1, -0.05) is 54.6 Å². The van der Waals surface area contributed by atoms with Crippen molar-refractivity contribution in [3.63, 3.8) is 0 Å². The van der Waals surface area contributed by atoms with Crippen LogP contribution in [0.1, 0.15) is 46.1 Å². The molecule has 3 aromatic rings. The van der Waals surface area contributed by atoms with Crippen LogP contribution >= 0.6 is 0 Å². The van der Waals surface area contributed by atoms with Crippen LogP contribution in [0.5, 0.6) is 0 Å². The molecule has 1 amide bonds. The zero-order chi connectivity index (χ0) is 18.5. The second-order valence-electron chi connectivity index (χ2n) is 7.15. The highest BCUT2D eigenvalue weighted by atomic mass is 16.2. The van der Waals surface area contributed by atoms with E-state index in [2.05, 4.69) is 42.5 Å². The number of carbonyl (C=O) groups is 1. The summed E-state index contributed by atoms with van der Waals surface area (Å²) in [7, 11) is 0. The Labute approximate surface area is 160 Å². The molecule has 2 heterocycles. The lowest BCUT2D eigenvalue weighted by Crippen LogP contribution is -2.38. The van der Waals surface area contributed by atoms with Gasteiger partial charge < -0.3 is 4.90 Å². The lowest BCUT2D eigenvalue weighted by atomic mass is 9.92. The molecule has 4 rings (SSSR count). The van der Waals surface area contributed by atoms with Gasteiger partial charge in [-0.15, -0.1) is 0 Å². The number of amides is 1. The van der Waals surface area contributed by atoms with E-state index in [1.807, 2.05) is 41.3 Å². The van der Waals surface area contributed by atoms with Crippen molar-refractivity contribution in [2.75, 3.05) is 13.1 Å². The molecule has 0 N–H and O–H groups in total. The maximum absolute atomic E-state index is 12.6. The first-order chi connectivity index (χ1) is 13.3. The monoisotopic (exact) mass is 356 g/mol. The SMILES string of the molecule is O=C(c1ccccc1)N1CCC(c2cccc(Cc3ccccc3)n2)CC1. The summed E-state index contributed by atoms with van der Waals surface area (Å²) in [6, 6.07) is 26.4. The van der Waals surface area contributed by atoms with Crippen molar-refractivity contribution in [2.24, 2.45) is 0 Å². The van der Waals surface area contributed by atoms with Crippen LogP contribution in [0.15, 0.2) is 78.9 Å². The molecule has 0 saturated carbocycles. The second kappa shape index (κ2) is 8.17. The summed E-state index contributed by atoms with van der Waals surface area (Å²) in [5.41, 5.74) is 4.33. The van der Waals surface area contributed by atoms with Gasteiger partial charge in [0.2, 0.25) is 0 Å². The fourth-order valence-electron chi connectivity index (χ4n) is 3.77. The molecular formula is C24H24N2O. The Balaban J connectivity index is 1.40. The van der Waals surface area contributed by atoms with Gasteiger partial charge >= 0.3 is 0 Å². The van der Waals surface area contributed by atoms with Gasteiger partial charge in [0.1, 0.15) is 0 Å². The molecule has 1 aromatic heterocycles. The molecule has 3 heteroatoms. The van der Waals surface area contributed by atoms with Crippen molar-refractivity contribution >= 4 is 5.91 Å². The first-order valence-electron chi connectivity index (χ1n) is 9.64. The largest absolute Gasteiger partial charge is 0.339 e. The first kappa shape index (κ1) is 17.5.